The molecule has 4 heterocycles. The van der Waals surface area contributed by atoms with Gasteiger partial charge in [0.2, 0.25) is 5.16 Å². The normalized spacial score (nSPS) is 11.1. The summed E-state index contributed by atoms with van der Waals surface area (Å²) < 4.78 is 68.4. The number of hydrogen-bond acceptors (Lipinski definition) is 10. The minimum Gasteiger partial charge on any atom is -0.461 e. The zero-order valence-electron chi connectivity index (χ0n) is 26.9. The highest BCUT2D eigenvalue weighted by Gasteiger charge is 2.45. The molecule has 12 nitrogen and oxygen atoms in total. The molecule has 0 fully saturated rings. The van der Waals surface area contributed by atoms with Gasteiger partial charge in [-0.2, -0.15) is 22.5 Å². The minimum absolute atomic E-state index is 0.0449. The Morgan fingerprint density at radius 2 is 1.42 bits per heavy atom. The van der Waals surface area contributed by atoms with Crippen LogP contribution in [0.15, 0.2) is 117 Å². The number of thioether (sulfide) groups is 2. The third-order valence-corrected chi connectivity index (χ3v) is 8.00. The molecule has 18 heteroatoms. The fourth-order valence-electron chi connectivity index (χ4n) is 3.85. The Balaban J connectivity index is 0.000000215. The van der Waals surface area contributed by atoms with Gasteiger partial charge in [0.15, 0.2) is 28.3 Å². The maximum absolute atomic E-state index is 14.4. The van der Waals surface area contributed by atoms with E-state index in [2.05, 4.69) is 30.7 Å². The number of anilines is 2. The first-order valence-corrected chi connectivity index (χ1v) is 16.3. The van der Waals surface area contributed by atoms with Crippen LogP contribution in [0.5, 0.6) is 0 Å². The minimum atomic E-state index is -3.72. The van der Waals surface area contributed by atoms with Gasteiger partial charge < -0.3 is 23.6 Å². The van der Waals surface area contributed by atoms with Crippen LogP contribution in [-0.4, -0.2) is 59.3 Å². The number of hydrogen-bond donors (Lipinski definition) is 2. The van der Waals surface area contributed by atoms with Crippen molar-refractivity contribution >= 4 is 46.7 Å². The Labute approximate surface area is 291 Å². The first kappa shape index (κ1) is 37.5. The number of furan rings is 2. The lowest BCUT2D eigenvalue weighted by Crippen LogP contribution is -2.39. The number of alkyl halides is 4. The summed E-state index contributed by atoms with van der Waals surface area (Å²) in [7, 11) is 2.83. The maximum Gasteiger partial charge on any atom is 0.378 e. The summed E-state index contributed by atoms with van der Waals surface area (Å²) in [5.74, 6) is -1.52. The molecule has 0 spiro atoms. The van der Waals surface area contributed by atoms with Gasteiger partial charge in [-0.15, -0.1) is 15.3 Å². The van der Waals surface area contributed by atoms with Gasteiger partial charge in [0.1, 0.15) is 0 Å². The van der Waals surface area contributed by atoms with E-state index >= 15 is 0 Å². The van der Waals surface area contributed by atoms with E-state index < -0.39 is 22.3 Å². The topological polar surface area (TPSA) is 148 Å². The molecule has 0 saturated heterocycles. The van der Waals surface area contributed by atoms with Crippen molar-refractivity contribution in [3.63, 3.8) is 0 Å². The van der Waals surface area contributed by atoms with Crippen LogP contribution in [0.1, 0.15) is 13.8 Å². The van der Waals surface area contributed by atoms with E-state index in [1.807, 2.05) is 13.8 Å². The molecular formula is C32H30F4N8O4S2. The lowest BCUT2D eigenvalue weighted by molar-refractivity contribution is -0.131. The van der Waals surface area contributed by atoms with E-state index in [1.165, 1.54) is 43.3 Å². The van der Waals surface area contributed by atoms with Crippen LogP contribution >= 0.6 is 23.5 Å². The smallest absolute Gasteiger partial charge is 0.378 e. The third-order valence-electron chi connectivity index (χ3n) is 6.23. The van der Waals surface area contributed by atoms with Crippen LogP contribution < -0.4 is 10.2 Å². The van der Waals surface area contributed by atoms with Gasteiger partial charge in [0, 0.05) is 37.2 Å². The molecule has 6 aromatic rings. The molecule has 0 aliphatic heterocycles. The molecule has 2 amide bonds. The highest BCUT2D eigenvalue weighted by atomic mass is 32.2. The summed E-state index contributed by atoms with van der Waals surface area (Å²) >= 11 is -0.00432. The predicted molar refractivity (Wildman–Crippen MR) is 181 cm³/mol. The van der Waals surface area contributed by atoms with Gasteiger partial charge in [-0.3, -0.25) is 14.7 Å². The van der Waals surface area contributed by atoms with Gasteiger partial charge in [-0.1, -0.05) is 50.2 Å². The average Bonchev–Trinajstić information content (AvgIpc) is 3.96. The molecule has 2 aromatic carbocycles. The molecule has 0 unspecified atom stereocenters. The fourth-order valence-corrected chi connectivity index (χ4v) is 5.21. The molecule has 2 N–H and O–H groups in total. The number of aromatic nitrogens is 6. The van der Waals surface area contributed by atoms with Crippen LogP contribution in [0.3, 0.4) is 0 Å². The average molecular weight is 731 g/mol. The number of H-pyrrole nitrogens is 1. The molecule has 262 valence electrons. The molecular weight excluding hydrogens is 701 g/mol. The number of para-hydroxylation sites is 2. The molecule has 0 aliphatic rings. The van der Waals surface area contributed by atoms with Gasteiger partial charge in [0.25, 0.3) is 0 Å². The van der Waals surface area contributed by atoms with Crippen LogP contribution in [0.2, 0.25) is 0 Å². The molecule has 0 aliphatic carbocycles. The van der Waals surface area contributed by atoms with Gasteiger partial charge >= 0.3 is 22.3 Å². The number of nitrogens with zero attached hydrogens (tertiary/aromatic N) is 6. The van der Waals surface area contributed by atoms with Crippen molar-refractivity contribution in [3.05, 3.63) is 97.5 Å². The van der Waals surface area contributed by atoms with Crippen molar-refractivity contribution in [2.45, 2.75) is 34.7 Å². The number of aromatic amines is 1. The summed E-state index contributed by atoms with van der Waals surface area (Å²) in [6.07, 6.45) is 2.87. The summed E-state index contributed by atoms with van der Waals surface area (Å²) in [5, 5.41) is 8.08. The van der Waals surface area contributed by atoms with Gasteiger partial charge in [-0.25, -0.2) is 0 Å². The van der Waals surface area contributed by atoms with Crippen molar-refractivity contribution in [2.24, 2.45) is 7.05 Å². The predicted octanol–water partition coefficient (Wildman–Crippen LogP) is 7.84. The second kappa shape index (κ2) is 16.8. The lowest BCUT2D eigenvalue weighted by Gasteiger charge is -2.22. The highest BCUT2D eigenvalue weighted by Crippen LogP contribution is 2.38. The van der Waals surface area contributed by atoms with E-state index in [1.54, 1.807) is 72.8 Å². The van der Waals surface area contributed by atoms with Gasteiger partial charge in [-0.05, 0) is 60.3 Å². The summed E-state index contributed by atoms with van der Waals surface area (Å²) in [4.78, 5) is 28.7. The third kappa shape index (κ3) is 9.41. The fraction of sp³-hybridized carbons (Fsp3) is 0.188. The van der Waals surface area contributed by atoms with Crippen molar-refractivity contribution in [3.8, 4) is 23.2 Å². The SMILES string of the molecule is CC.CN(C(=O)C(F)(F)Sc1nnc(-c2ccco2)n1C)c1ccccc1.O=C(Nc1ccccc1)C(F)(F)Sc1n[nH]c(-c2ccco2)n1. The zero-order valence-corrected chi connectivity index (χ0v) is 28.5. The van der Waals surface area contributed by atoms with Gasteiger partial charge in [0.05, 0.1) is 12.5 Å². The maximum atomic E-state index is 14.4. The standard InChI is InChI=1S/C16H14F2N4O2S.C14H10F2N4O2S.C2H6/c1-21(11-7-4-3-5-8-11)14(23)16(17,18)25-15-20-19-13(22(15)2)12-9-6-10-24-12;15-14(16,12(21)17-9-5-2-1-3-6-9)23-13-18-11(19-20-13)10-7-4-8-22-10;1-2/h3-10H,1-2H3;1-8H,(H,17,21)(H,18,19,20);1-2H3. The van der Waals surface area contributed by atoms with E-state index in [0.29, 0.717) is 23.0 Å². The van der Waals surface area contributed by atoms with Crippen LogP contribution in [0, 0.1) is 0 Å². The largest absolute Gasteiger partial charge is 0.461 e. The number of rotatable bonds is 10. The van der Waals surface area contributed by atoms with E-state index in [0.717, 1.165) is 4.90 Å². The number of carbonyl (C=O) groups excluding carboxylic acids is 2. The molecule has 0 bridgehead atoms. The van der Waals surface area contributed by atoms with E-state index in [9.17, 15) is 27.2 Å². The van der Waals surface area contributed by atoms with Crippen molar-refractivity contribution in [1.29, 1.82) is 0 Å². The number of benzene rings is 2. The molecule has 6 rings (SSSR count). The first-order chi connectivity index (χ1) is 23.9. The molecule has 0 radical (unpaired) electrons. The monoisotopic (exact) mass is 730 g/mol. The second-order valence-electron chi connectivity index (χ2n) is 9.54. The Bertz CT molecular complexity index is 1940. The number of halogens is 4. The Morgan fingerprint density at radius 3 is 2.02 bits per heavy atom. The number of carbonyl (C=O) groups is 2. The van der Waals surface area contributed by atoms with Crippen molar-refractivity contribution in [2.75, 3.05) is 17.3 Å². The summed E-state index contributed by atoms with van der Waals surface area (Å²) in [6, 6.07) is 22.8. The van der Waals surface area contributed by atoms with Crippen LogP contribution in [-0.2, 0) is 16.6 Å². The van der Waals surface area contributed by atoms with E-state index in [-0.39, 0.29) is 45.3 Å². The first-order valence-electron chi connectivity index (χ1n) is 14.7. The highest BCUT2D eigenvalue weighted by molar-refractivity contribution is 8.01. The number of nitrogens with one attached hydrogen (secondary N) is 2. The van der Waals surface area contributed by atoms with Crippen LogP contribution in [0.4, 0.5) is 28.9 Å². The Kier molecular flexibility index (Phi) is 12.6. The van der Waals surface area contributed by atoms with Crippen LogP contribution in [0.25, 0.3) is 23.2 Å². The zero-order chi connectivity index (χ0) is 36.3. The lowest BCUT2D eigenvalue weighted by atomic mass is 10.3. The number of amides is 2. The van der Waals surface area contributed by atoms with Crippen molar-refractivity contribution in [1.82, 2.24) is 29.9 Å². The van der Waals surface area contributed by atoms with Crippen molar-refractivity contribution < 1.29 is 36.0 Å². The molecule has 50 heavy (non-hydrogen) atoms. The summed E-state index contributed by atoms with van der Waals surface area (Å²) in [5.41, 5.74) is 0.658. The Morgan fingerprint density at radius 1 is 0.820 bits per heavy atom. The molecule has 4 aromatic heterocycles. The quantitative estimate of drug-likeness (QED) is 0.106. The molecule has 0 atom stereocenters. The summed E-state index contributed by atoms with van der Waals surface area (Å²) in [6.45, 7) is 4.00. The second-order valence-corrected chi connectivity index (χ2v) is 11.7. The van der Waals surface area contributed by atoms with E-state index in [4.69, 9.17) is 8.83 Å². The Hall–Kier alpha value is -5.36. The molecule has 0 saturated carbocycles.